The van der Waals surface area contributed by atoms with Gasteiger partial charge in [0.2, 0.25) is 0 Å². The predicted octanol–water partition coefficient (Wildman–Crippen LogP) is 4.49. The lowest BCUT2D eigenvalue weighted by atomic mass is 9.65. The molecule has 0 nitrogen and oxygen atoms in total. The Bertz CT molecular complexity index is 111. The molecule has 1 unspecified atom stereocenters. The summed E-state index contributed by atoms with van der Waals surface area (Å²) in [5.41, 5.74) is 0.559. The first-order chi connectivity index (χ1) is 5.52. The van der Waals surface area contributed by atoms with E-state index in [1.165, 1.54) is 19.3 Å². The zero-order valence-electron chi connectivity index (χ0n) is 9.78. The van der Waals surface area contributed by atoms with Gasteiger partial charge in [0.15, 0.2) is 0 Å². The van der Waals surface area contributed by atoms with E-state index in [1.807, 2.05) is 0 Å². The zero-order valence-corrected chi connectivity index (χ0v) is 9.78. The summed E-state index contributed by atoms with van der Waals surface area (Å²) in [6, 6.07) is 0. The Morgan fingerprint density at radius 3 is 1.50 bits per heavy atom. The average molecular weight is 170 g/mol. The molecule has 0 aliphatic rings. The minimum atomic E-state index is 0.559. The van der Waals surface area contributed by atoms with Gasteiger partial charge in [-0.2, -0.15) is 0 Å². The molecule has 0 aliphatic carbocycles. The van der Waals surface area contributed by atoms with Crippen molar-refractivity contribution in [3.05, 3.63) is 0 Å². The van der Waals surface area contributed by atoms with Crippen molar-refractivity contribution in [2.45, 2.75) is 60.8 Å². The van der Waals surface area contributed by atoms with Crippen LogP contribution in [0, 0.1) is 17.3 Å². The summed E-state index contributed by atoms with van der Waals surface area (Å²) in [4.78, 5) is 0. The second-order valence-electron chi connectivity index (χ2n) is 4.53. The first-order valence-electron chi connectivity index (χ1n) is 5.52. The van der Waals surface area contributed by atoms with Crippen LogP contribution in [-0.2, 0) is 0 Å². The largest absolute Gasteiger partial charge is 0.0651 e. The first-order valence-corrected chi connectivity index (χ1v) is 5.52. The maximum atomic E-state index is 2.45. The van der Waals surface area contributed by atoms with Crippen LogP contribution in [0.3, 0.4) is 0 Å². The third-order valence-electron chi connectivity index (χ3n) is 4.00. The zero-order chi connectivity index (χ0) is 9.78. The van der Waals surface area contributed by atoms with E-state index in [-0.39, 0.29) is 0 Å². The molecule has 0 amide bonds. The van der Waals surface area contributed by atoms with Crippen LogP contribution in [0.25, 0.3) is 0 Å². The monoisotopic (exact) mass is 170 g/mol. The molecule has 74 valence electrons. The smallest absolute Gasteiger partial charge is 0.0277 e. The molecule has 0 radical (unpaired) electrons. The highest BCUT2D eigenvalue weighted by Gasteiger charge is 2.32. The lowest BCUT2D eigenvalue weighted by Crippen LogP contribution is -2.31. The van der Waals surface area contributed by atoms with Crippen molar-refractivity contribution in [3.63, 3.8) is 0 Å². The third kappa shape index (κ3) is 2.24. The van der Waals surface area contributed by atoms with Gasteiger partial charge in [-0.05, 0) is 17.3 Å². The van der Waals surface area contributed by atoms with Crippen LogP contribution in [0.5, 0.6) is 0 Å². The van der Waals surface area contributed by atoms with Crippen LogP contribution < -0.4 is 0 Å². The summed E-state index contributed by atoms with van der Waals surface area (Å²) < 4.78 is 0. The topological polar surface area (TPSA) is 0 Å². The third-order valence-corrected chi connectivity index (χ3v) is 4.00. The van der Waals surface area contributed by atoms with E-state index < -0.39 is 0 Å². The van der Waals surface area contributed by atoms with Crippen molar-refractivity contribution >= 4 is 0 Å². The Morgan fingerprint density at radius 1 is 1.00 bits per heavy atom. The molecule has 1 atom stereocenters. The maximum absolute atomic E-state index is 2.45. The van der Waals surface area contributed by atoms with Crippen molar-refractivity contribution in [2.24, 2.45) is 17.3 Å². The Morgan fingerprint density at radius 2 is 1.42 bits per heavy atom. The summed E-state index contributed by atoms with van der Waals surface area (Å²) in [7, 11) is 0. The minimum absolute atomic E-state index is 0.559. The first kappa shape index (κ1) is 12.0. The van der Waals surface area contributed by atoms with E-state index in [9.17, 15) is 0 Å². The van der Waals surface area contributed by atoms with Gasteiger partial charge in [-0.15, -0.1) is 0 Å². The molecule has 0 heterocycles. The predicted molar refractivity (Wildman–Crippen MR) is 57.3 cm³/mol. The van der Waals surface area contributed by atoms with E-state index in [4.69, 9.17) is 0 Å². The van der Waals surface area contributed by atoms with Crippen molar-refractivity contribution in [1.82, 2.24) is 0 Å². The van der Waals surface area contributed by atoms with Crippen molar-refractivity contribution in [1.29, 1.82) is 0 Å². The lowest BCUT2D eigenvalue weighted by Gasteiger charge is -2.40. The molecule has 0 aromatic rings. The molecule has 0 rings (SSSR count). The van der Waals surface area contributed by atoms with Crippen molar-refractivity contribution in [3.8, 4) is 0 Å². The number of hydrogen-bond donors (Lipinski definition) is 0. The standard InChI is InChI=1S/C12H26/c1-7-11(8-2)12(6,9-3)10(4)5/h10-11H,7-9H2,1-6H3. The van der Waals surface area contributed by atoms with Crippen LogP contribution >= 0.6 is 0 Å². The van der Waals surface area contributed by atoms with E-state index in [0.29, 0.717) is 5.41 Å². The van der Waals surface area contributed by atoms with E-state index in [2.05, 4.69) is 41.5 Å². The quantitative estimate of drug-likeness (QED) is 0.570. The fraction of sp³-hybridized carbons (Fsp3) is 1.00. The maximum Gasteiger partial charge on any atom is -0.0277 e. The van der Waals surface area contributed by atoms with Crippen LogP contribution in [0.2, 0.25) is 0 Å². The molecule has 0 N–H and O–H groups in total. The van der Waals surface area contributed by atoms with Crippen LogP contribution in [-0.4, -0.2) is 0 Å². The Hall–Kier alpha value is 0. The molecule has 0 spiro atoms. The van der Waals surface area contributed by atoms with Crippen molar-refractivity contribution in [2.75, 3.05) is 0 Å². The van der Waals surface area contributed by atoms with Gasteiger partial charge < -0.3 is 0 Å². The molecule has 0 bridgehead atoms. The molecule has 0 fully saturated rings. The Labute approximate surface area is 78.8 Å². The fourth-order valence-electron chi connectivity index (χ4n) is 2.39. The normalized spacial score (nSPS) is 17.0. The summed E-state index contributed by atoms with van der Waals surface area (Å²) in [5, 5.41) is 0. The molecule has 0 heteroatoms. The van der Waals surface area contributed by atoms with Crippen LogP contribution in [0.4, 0.5) is 0 Å². The van der Waals surface area contributed by atoms with Crippen LogP contribution in [0.1, 0.15) is 60.8 Å². The second-order valence-corrected chi connectivity index (χ2v) is 4.53. The summed E-state index contributed by atoms with van der Waals surface area (Å²) in [5.74, 6) is 1.72. The highest BCUT2D eigenvalue weighted by molar-refractivity contribution is 4.82. The minimum Gasteiger partial charge on any atom is -0.0651 e. The van der Waals surface area contributed by atoms with Gasteiger partial charge in [0, 0.05) is 0 Å². The summed E-state index contributed by atoms with van der Waals surface area (Å²) in [6.07, 6.45) is 3.98. The van der Waals surface area contributed by atoms with Gasteiger partial charge >= 0.3 is 0 Å². The highest BCUT2D eigenvalue weighted by atomic mass is 14.4. The molecule has 0 saturated carbocycles. The number of rotatable bonds is 5. The van der Waals surface area contributed by atoms with Gasteiger partial charge in [-0.3, -0.25) is 0 Å². The van der Waals surface area contributed by atoms with Gasteiger partial charge in [-0.25, -0.2) is 0 Å². The molecule has 0 saturated heterocycles. The Balaban J connectivity index is 4.47. The molecular weight excluding hydrogens is 144 g/mol. The van der Waals surface area contributed by atoms with E-state index >= 15 is 0 Å². The van der Waals surface area contributed by atoms with Gasteiger partial charge in [-0.1, -0.05) is 60.8 Å². The van der Waals surface area contributed by atoms with Crippen LogP contribution in [0.15, 0.2) is 0 Å². The number of hydrogen-bond acceptors (Lipinski definition) is 0. The Kier molecular flexibility index (Phi) is 4.89. The molecule has 0 aromatic heterocycles. The second kappa shape index (κ2) is 4.89. The van der Waals surface area contributed by atoms with Gasteiger partial charge in [0.1, 0.15) is 0 Å². The van der Waals surface area contributed by atoms with Gasteiger partial charge in [0.05, 0.1) is 0 Å². The van der Waals surface area contributed by atoms with E-state index in [0.717, 1.165) is 11.8 Å². The summed E-state index contributed by atoms with van der Waals surface area (Å²) >= 11 is 0. The molecule has 0 aliphatic heterocycles. The highest BCUT2D eigenvalue weighted by Crippen LogP contribution is 2.41. The van der Waals surface area contributed by atoms with Crippen molar-refractivity contribution < 1.29 is 0 Å². The SMILES string of the molecule is CCC(CC)C(C)(CC)C(C)C. The summed E-state index contributed by atoms with van der Waals surface area (Å²) in [6.45, 7) is 14.2. The molecule has 0 aromatic carbocycles. The van der Waals surface area contributed by atoms with Gasteiger partial charge in [0.25, 0.3) is 0 Å². The lowest BCUT2D eigenvalue weighted by molar-refractivity contribution is 0.0991. The molecule has 12 heavy (non-hydrogen) atoms. The fourth-order valence-corrected chi connectivity index (χ4v) is 2.39. The average Bonchev–Trinajstić information content (AvgIpc) is 2.05. The van der Waals surface area contributed by atoms with E-state index in [1.54, 1.807) is 0 Å². The molecular formula is C12H26.